The largest absolute Gasteiger partial charge is 0.380 e. The minimum absolute atomic E-state index is 0. The molecule has 112 valence electrons. The van der Waals surface area contributed by atoms with E-state index in [9.17, 15) is 4.79 Å². The van der Waals surface area contributed by atoms with Gasteiger partial charge in [0, 0.05) is 22.8 Å². The molecule has 0 spiro atoms. The van der Waals surface area contributed by atoms with E-state index in [1.807, 2.05) is 18.2 Å². The number of hydrogen-bond donors (Lipinski definition) is 2. The molecule has 0 atom stereocenters. The van der Waals surface area contributed by atoms with Gasteiger partial charge in [0.15, 0.2) is 0 Å². The number of benzene rings is 1. The van der Waals surface area contributed by atoms with Crippen LogP contribution in [0.3, 0.4) is 0 Å². The summed E-state index contributed by atoms with van der Waals surface area (Å²) in [5.74, 6) is 0.763. The highest BCUT2D eigenvalue weighted by Crippen LogP contribution is 2.27. The number of carbonyl (C=O) groups excluding carboxylic acids is 1. The van der Waals surface area contributed by atoms with E-state index in [4.69, 9.17) is 4.74 Å². The van der Waals surface area contributed by atoms with Crippen LogP contribution in [0.15, 0.2) is 22.7 Å². The van der Waals surface area contributed by atoms with E-state index in [2.05, 4.69) is 26.6 Å². The molecule has 1 amide bonds. The van der Waals surface area contributed by atoms with E-state index in [0.717, 1.165) is 28.2 Å². The third-order valence-electron chi connectivity index (χ3n) is 3.10. The van der Waals surface area contributed by atoms with Crippen LogP contribution in [-0.4, -0.2) is 26.1 Å². The van der Waals surface area contributed by atoms with Crippen molar-refractivity contribution in [2.24, 2.45) is 5.92 Å². The SMILES string of the molecule is COCc1c(Br)cccc1NC(=O)CNCC1CC1.Cl. The molecular formula is C14H20BrClN2O2. The molecule has 1 aromatic rings. The smallest absolute Gasteiger partial charge is 0.238 e. The number of methoxy groups -OCH3 is 1. The summed E-state index contributed by atoms with van der Waals surface area (Å²) in [5.41, 5.74) is 1.76. The average molecular weight is 364 g/mol. The second kappa shape index (κ2) is 8.62. The topological polar surface area (TPSA) is 50.4 Å². The van der Waals surface area contributed by atoms with Crippen LogP contribution in [0.25, 0.3) is 0 Å². The lowest BCUT2D eigenvalue weighted by Crippen LogP contribution is -2.29. The van der Waals surface area contributed by atoms with Crippen LogP contribution < -0.4 is 10.6 Å². The van der Waals surface area contributed by atoms with Gasteiger partial charge >= 0.3 is 0 Å². The van der Waals surface area contributed by atoms with Gasteiger partial charge in [-0.25, -0.2) is 0 Å². The summed E-state index contributed by atoms with van der Waals surface area (Å²) in [7, 11) is 1.64. The highest BCUT2D eigenvalue weighted by Gasteiger charge is 2.20. The molecule has 0 heterocycles. The van der Waals surface area contributed by atoms with E-state index in [1.165, 1.54) is 12.8 Å². The zero-order chi connectivity index (χ0) is 13.7. The average Bonchev–Trinajstić information content (AvgIpc) is 3.18. The van der Waals surface area contributed by atoms with Crippen molar-refractivity contribution in [3.63, 3.8) is 0 Å². The number of carbonyl (C=O) groups is 1. The Hall–Kier alpha value is -0.620. The lowest BCUT2D eigenvalue weighted by molar-refractivity contribution is -0.115. The van der Waals surface area contributed by atoms with Crippen molar-refractivity contribution in [3.05, 3.63) is 28.2 Å². The molecule has 0 radical (unpaired) electrons. The number of ether oxygens (including phenoxy) is 1. The Bertz CT molecular complexity index is 453. The first kappa shape index (κ1) is 17.4. The lowest BCUT2D eigenvalue weighted by Gasteiger charge is -2.12. The maximum Gasteiger partial charge on any atom is 0.238 e. The fraction of sp³-hybridized carbons (Fsp3) is 0.500. The van der Waals surface area contributed by atoms with Gasteiger partial charge in [-0.3, -0.25) is 4.79 Å². The summed E-state index contributed by atoms with van der Waals surface area (Å²) < 4.78 is 6.10. The summed E-state index contributed by atoms with van der Waals surface area (Å²) in [4.78, 5) is 11.9. The molecule has 1 aromatic carbocycles. The van der Waals surface area contributed by atoms with E-state index in [-0.39, 0.29) is 18.3 Å². The monoisotopic (exact) mass is 362 g/mol. The summed E-state index contributed by atoms with van der Waals surface area (Å²) in [6.45, 7) is 1.76. The van der Waals surface area contributed by atoms with E-state index in [0.29, 0.717) is 13.2 Å². The molecule has 0 unspecified atom stereocenters. The van der Waals surface area contributed by atoms with Crippen LogP contribution in [0.2, 0.25) is 0 Å². The van der Waals surface area contributed by atoms with E-state index >= 15 is 0 Å². The summed E-state index contributed by atoms with van der Waals surface area (Å²) >= 11 is 3.47. The Morgan fingerprint density at radius 3 is 2.85 bits per heavy atom. The molecule has 0 aliphatic heterocycles. The standard InChI is InChI=1S/C14H19BrN2O2.ClH/c1-19-9-11-12(15)3-2-4-13(11)17-14(18)8-16-7-10-5-6-10;/h2-4,10,16H,5-9H2,1H3,(H,17,18);1H. The second-order valence-corrected chi connectivity index (χ2v) is 5.68. The number of rotatable bonds is 7. The molecule has 1 saturated carbocycles. The third-order valence-corrected chi connectivity index (χ3v) is 3.84. The van der Waals surface area contributed by atoms with Crippen molar-refractivity contribution in [1.29, 1.82) is 0 Å². The predicted molar refractivity (Wildman–Crippen MR) is 86.3 cm³/mol. The van der Waals surface area contributed by atoms with Crippen LogP contribution in [-0.2, 0) is 16.1 Å². The molecule has 1 fully saturated rings. The van der Waals surface area contributed by atoms with Crippen molar-refractivity contribution in [1.82, 2.24) is 5.32 Å². The number of nitrogens with one attached hydrogen (secondary N) is 2. The third kappa shape index (κ3) is 5.40. The summed E-state index contributed by atoms with van der Waals surface area (Å²) in [5, 5.41) is 6.10. The predicted octanol–water partition coefficient (Wildman–Crippen LogP) is 2.96. The minimum Gasteiger partial charge on any atom is -0.380 e. The summed E-state index contributed by atoms with van der Waals surface area (Å²) in [6, 6.07) is 5.73. The Balaban J connectivity index is 0.00000200. The van der Waals surface area contributed by atoms with Crippen molar-refractivity contribution in [2.75, 3.05) is 25.5 Å². The molecule has 0 aromatic heterocycles. The first-order valence-electron chi connectivity index (χ1n) is 6.47. The van der Waals surface area contributed by atoms with E-state index < -0.39 is 0 Å². The Kier molecular flexibility index (Phi) is 7.51. The van der Waals surface area contributed by atoms with Gasteiger partial charge in [0.2, 0.25) is 5.91 Å². The first-order chi connectivity index (χ1) is 9.20. The maximum atomic E-state index is 11.9. The van der Waals surface area contributed by atoms with Gasteiger partial charge in [-0.15, -0.1) is 12.4 Å². The van der Waals surface area contributed by atoms with Crippen molar-refractivity contribution >= 4 is 39.9 Å². The van der Waals surface area contributed by atoms with Gasteiger partial charge < -0.3 is 15.4 Å². The fourth-order valence-corrected chi connectivity index (χ4v) is 2.35. The zero-order valence-corrected chi connectivity index (χ0v) is 13.9. The molecule has 2 rings (SSSR count). The first-order valence-corrected chi connectivity index (χ1v) is 7.27. The van der Waals surface area contributed by atoms with Crippen LogP contribution in [0.1, 0.15) is 18.4 Å². The van der Waals surface area contributed by atoms with Crippen molar-refractivity contribution in [2.45, 2.75) is 19.4 Å². The number of amides is 1. The van der Waals surface area contributed by atoms with Crippen LogP contribution >= 0.6 is 28.3 Å². The van der Waals surface area contributed by atoms with Gasteiger partial charge in [0.05, 0.1) is 13.2 Å². The minimum atomic E-state index is -0.0175. The Labute approximate surface area is 134 Å². The Morgan fingerprint density at radius 2 is 2.20 bits per heavy atom. The van der Waals surface area contributed by atoms with Gasteiger partial charge in [-0.2, -0.15) is 0 Å². The van der Waals surface area contributed by atoms with Gasteiger partial charge in [-0.1, -0.05) is 22.0 Å². The molecule has 0 saturated heterocycles. The van der Waals surface area contributed by atoms with Crippen LogP contribution in [0, 0.1) is 5.92 Å². The molecule has 2 N–H and O–H groups in total. The maximum absolute atomic E-state index is 11.9. The summed E-state index contributed by atoms with van der Waals surface area (Å²) in [6.07, 6.45) is 2.58. The van der Waals surface area contributed by atoms with Crippen LogP contribution in [0.5, 0.6) is 0 Å². The van der Waals surface area contributed by atoms with Crippen LogP contribution in [0.4, 0.5) is 5.69 Å². The molecular weight excluding hydrogens is 344 g/mol. The molecule has 1 aliphatic rings. The normalized spacial score (nSPS) is 13.7. The number of hydrogen-bond acceptors (Lipinski definition) is 3. The van der Waals surface area contributed by atoms with Crippen molar-refractivity contribution in [3.8, 4) is 0 Å². The fourth-order valence-electron chi connectivity index (χ4n) is 1.87. The highest BCUT2D eigenvalue weighted by molar-refractivity contribution is 9.10. The zero-order valence-electron chi connectivity index (χ0n) is 11.4. The number of anilines is 1. The Morgan fingerprint density at radius 1 is 1.45 bits per heavy atom. The molecule has 1 aliphatic carbocycles. The quantitative estimate of drug-likeness (QED) is 0.783. The molecule has 20 heavy (non-hydrogen) atoms. The van der Waals surface area contributed by atoms with Gasteiger partial charge in [-0.05, 0) is 37.4 Å². The number of halogens is 2. The van der Waals surface area contributed by atoms with Gasteiger partial charge in [0.25, 0.3) is 0 Å². The van der Waals surface area contributed by atoms with E-state index in [1.54, 1.807) is 7.11 Å². The second-order valence-electron chi connectivity index (χ2n) is 4.82. The molecule has 6 heteroatoms. The van der Waals surface area contributed by atoms with Crippen molar-refractivity contribution < 1.29 is 9.53 Å². The lowest BCUT2D eigenvalue weighted by atomic mass is 10.2. The highest BCUT2D eigenvalue weighted by atomic mass is 79.9. The molecule has 0 bridgehead atoms. The van der Waals surface area contributed by atoms with Gasteiger partial charge in [0.1, 0.15) is 0 Å². The molecule has 4 nitrogen and oxygen atoms in total.